The van der Waals surface area contributed by atoms with Crippen LogP contribution in [0.4, 0.5) is 0 Å². The molecular formula is C23H28N4O4S. The van der Waals surface area contributed by atoms with Crippen LogP contribution in [0.15, 0.2) is 40.1 Å². The molecule has 4 rings (SSSR count). The van der Waals surface area contributed by atoms with Crippen molar-refractivity contribution in [3.05, 3.63) is 41.7 Å². The van der Waals surface area contributed by atoms with Crippen LogP contribution in [0.3, 0.4) is 0 Å². The standard InChI is InChI=1S/C23H28N4O4S/c1-15(2)12-27-22(18-6-5-9-31-18)24-25-23(27)32-14-21(28)26-8-7-16-10-19(29-3)20(30-4)11-17(16)13-26/h5-6,9-11,15H,7-8,12-14H2,1-4H3. The molecule has 0 fully saturated rings. The second-order valence-electron chi connectivity index (χ2n) is 8.12. The SMILES string of the molecule is COc1cc2c(cc1OC)CN(C(=O)CSc1nnc(-c3ccco3)n1CC(C)C)CC2. The summed E-state index contributed by atoms with van der Waals surface area (Å²) in [7, 11) is 3.26. The van der Waals surface area contributed by atoms with Crippen molar-refractivity contribution in [2.45, 2.75) is 38.5 Å². The summed E-state index contributed by atoms with van der Waals surface area (Å²) >= 11 is 1.42. The zero-order chi connectivity index (χ0) is 22.7. The number of methoxy groups -OCH3 is 2. The molecule has 32 heavy (non-hydrogen) atoms. The van der Waals surface area contributed by atoms with Gasteiger partial charge in [-0.2, -0.15) is 0 Å². The van der Waals surface area contributed by atoms with E-state index in [0.717, 1.165) is 29.4 Å². The number of benzene rings is 1. The minimum Gasteiger partial charge on any atom is -0.493 e. The Balaban J connectivity index is 1.46. The highest BCUT2D eigenvalue weighted by molar-refractivity contribution is 7.99. The fourth-order valence-electron chi connectivity index (χ4n) is 3.83. The Kier molecular flexibility index (Phi) is 6.74. The molecule has 0 bridgehead atoms. The summed E-state index contributed by atoms with van der Waals surface area (Å²) < 4.78 is 18.4. The minimum absolute atomic E-state index is 0.0779. The van der Waals surface area contributed by atoms with Crippen LogP contribution < -0.4 is 9.47 Å². The number of thioether (sulfide) groups is 1. The van der Waals surface area contributed by atoms with E-state index >= 15 is 0 Å². The summed E-state index contributed by atoms with van der Waals surface area (Å²) in [5.74, 6) is 3.55. The number of nitrogens with zero attached hydrogens (tertiary/aromatic N) is 4. The van der Waals surface area contributed by atoms with Gasteiger partial charge in [-0.25, -0.2) is 0 Å². The fourth-order valence-corrected chi connectivity index (χ4v) is 4.68. The van der Waals surface area contributed by atoms with Crippen molar-refractivity contribution in [2.24, 2.45) is 5.92 Å². The van der Waals surface area contributed by atoms with Gasteiger partial charge in [-0.3, -0.25) is 9.36 Å². The Hall–Kier alpha value is -2.94. The summed E-state index contributed by atoms with van der Waals surface area (Å²) in [6, 6.07) is 7.68. The summed E-state index contributed by atoms with van der Waals surface area (Å²) in [6.45, 7) is 6.27. The molecule has 0 saturated heterocycles. The molecule has 0 radical (unpaired) electrons. The molecule has 3 aromatic rings. The maximum absolute atomic E-state index is 13.0. The number of carbonyl (C=O) groups is 1. The predicted molar refractivity (Wildman–Crippen MR) is 122 cm³/mol. The molecule has 9 heteroatoms. The lowest BCUT2D eigenvalue weighted by Gasteiger charge is -2.29. The van der Waals surface area contributed by atoms with Gasteiger partial charge in [-0.1, -0.05) is 25.6 Å². The van der Waals surface area contributed by atoms with Crippen molar-refractivity contribution >= 4 is 17.7 Å². The van der Waals surface area contributed by atoms with Gasteiger partial charge in [0.1, 0.15) is 0 Å². The number of amides is 1. The van der Waals surface area contributed by atoms with E-state index in [0.29, 0.717) is 42.1 Å². The first-order chi connectivity index (χ1) is 15.5. The molecule has 1 aliphatic heterocycles. The van der Waals surface area contributed by atoms with Crippen LogP contribution in [0, 0.1) is 5.92 Å². The summed E-state index contributed by atoms with van der Waals surface area (Å²) in [5, 5.41) is 9.37. The number of furan rings is 1. The van der Waals surface area contributed by atoms with Crippen molar-refractivity contribution in [1.29, 1.82) is 0 Å². The van der Waals surface area contributed by atoms with E-state index in [1.54, 1.807) is 20.5 Å². The van der Waals surface area contributed by atoms with Crippen LogP contribution in [-0.2, 0) is 24.3 Å². The summed E-state index contributed by atoms with van der Waals surface area (Å²) in [5.41, 5.74) is 2.29. The van der Waals surface area contributed by atoms with Gasteiger partial charge in [-0.05, 0) is 47.7 Å². The molecule has 2 aromatic heterocycles. The van der Waals surface area contributed by atoms with E-state index in [4.69, 9.17) is 13.9 Å². The summed E-state index contributed by atoms with van der Waals surface area (Å²) in [4.78, 5) is 14.9. The molecule has 1 aromatic carbocycles. The van der Waals surface area contributed by atoms with Crippen molar-refractivity contribution < 1.29 is 18.7 Å². The van der Waals surface area contributed by atoms with Crippen molar-refractivity contribution in [1.82, 2.24) is 19.7 Å². The van der Waals surface area contributed by atoms with E-state index in [1.165, 1.54) is 17.3 Å². The van der Waals surface area contributed by atoms with E-state index in [9.17, 15) is 4.79 Å². The average Bonchev–Trinajstić information content (AvgIpc) is 3.45. The molecule has 8 nitrogen and oxygen atoms in total. The van der Waals surface area contributed by atoms with Crippen LogP contribution in [0.5, 0.6) is 11.5 Å². The monoisotopic (exact) mass is 456 g/mol. The second-order valence-corrected chi connectivity index (χ2v) is 9.06. The highest BCUT2D eigenvalue weighted by Crippen LogP contribution is 2.33. The van der Waals surface area contributed by atoms with Gasteiger partial charge >= 0.3 is 0 Å². The molecule has 0 unspecified atom stereocenters. The third-order valence-corrected chi connectivity index (χ3v) is 6.35. The Morgan fingerprint density at radius 2 is 1.94 bits per heavy atom. The number of aromatic nitrogens is 3. The second kappa shape index (κ2) is 9.68. The largest absolute Gasteiger partial charge is 0.493 e. The molecule has 1 amide bonds. The van der Waals surface area contributed by atoms with Crippen LogP contribution in [0.25, 0.3) is 11.6 Å². The van der Waals surface area contributed by atoms with Gasteiger partial charge in [0, 0.05) is 19.6 Å². The molecule has 0 saturated carbocycles. The normalized spacial score (nSPS) is 13.3. The van der Waals surface area contributed by atoms with Crippen molar-refractivity contribution in [3.8, 4) is 23.1 Å². The fraction of sp³-hybridized carbons (Fsp3) is 0.435. The minimum atomic E-state index is 0.0779. The number of fused-ring (bicyclic) bond motifs is 1. The van der Waals surface area contributed by atoms with Gasteiger partial charge < -0.3 is 18.8 Å². The highest BCUT2D eigenvalue weighted by atomic mass is 32.2. The number of hydrogen-bond acceptors (Lipinski definition) is 7. The Labute approximate surface area is 191 Å². The molecule has 170 valence electrons. The van der Waals surface area contributed by atoms with Crippen molar-refractivity contribution in [2.75, 3.05) is 26.5 Å². The zero-order valence-electron chi connectivity index (χ0n) is 18.8. The highest BCUT2D eigenvalue weighted by Gasteiger charge is 2.24. The van der Waals surface area contributed by atoms with E-state index in [1.807, 2.05) is 33.7 Å². The smallest absolute Gasteiger partial charge is 0.233 e. The number of ether oxygens (including phenoxy) is 2. The number of rotatable bonds is 8. The zero-order valence-corrected chi connectivity index (χ0v) is 19.6. The Morgan fingerprint density at radius 3 is 2.59 bits per heavy atom. The van der Waals surface area contributed by atoms with Crippen molar-refractivity contribution in [3.63, 3.8) is 0 Å². The third-order valence-electron chi connectivity index (χ3n) is 5.40. The lowest BCUT2D eigenvalue weighted by molar-refractivity contribution is -0.129. The Bertz CT molecular complexity index is 1080. The Morgan fingerprint density at radius 1 is 1.19 bits per heavy atom. The number of hydrogen-bond donors (Lipinski definition) is 0. The number of carbonyl (C=O) groups excluding carboxylic acids is 1. The molecular weight excluding hydrogens is 428 g/mol. The third kappa shape index (κ3) is 4.62. The average molecular weight is 457 g/mol. The molecule has 3 heterocycles. The summed E-state index contributed by atoms with van der Waals surface area (Å²) in [6.07, 6.45) is 2.41. The molecule has 0 aliphatic carbocycles. The van der Waals surface area contributed by atoms with Gasteiger partial charge in [0.25, 0.3) is 0 Å². The van der Waals surface area contributed by atoms with Crippen LogP contribution in [-0.4, -0.2) is 52.1 Å². The van der Waals surface area contributed by atoms with Gasteiger partial charge in [0.15, 0.2) is 28.2 Å². The quantitative estimate of drug-likeness (QED) is 0.476. The molecule has 0 spiro atoms. The predicted octanol–water partition coefficient (Wildman–Crippen LogP) is 3.89. The lowest BCUT2D eigenvalue weighted by atomic mass is 9.99. The van der Waals surface area contributed by atoms with Gasteiger partial charge in [-0.15, -0.1) is 10.2 Å². The van der Waals surface area contributed by atoms with Crippen LogP contribution >= 0.6 is 11.8 Å². The topological polar surface area (TPSA) is 82.6 Å². The molecule has 0 atom stereocenters. The van der Waals surface area contributed by atoms with Gasteiger partial charge in [0.05, 0.1) is 26.2 Å². The first-order valence-electron chi connectivity index (χ1n) is 10.6. The first-order valence-corrected chi connectivity index (χ1v) is 11.6. The van der Waals surface area contributed by atoms with Crippen LogP contribution in [0.1, 0.15) is 25.0 Å². The van der Waals surface area contributed by atoms with Gasteiger partial charge in [0.2, 0.25) is 5.91 Å². The first kappa shape index (κ1) is 22.3. The maximum atomic E-state index is 13.0. The van der Waals surface area contributed by atoms with Crippen LogP contribution in [0.2, 0.25) is 0 Å². The molecule has 0 N–H and O–H groups in total. The van der Waals surface area contributed by atoms with E-state index in [-0.39, 0.29) is 5.91 Å². The van der Waals surface area contributed by atoms with E-state index < -0.39 is 0 Å². The lowest BCUT2D eigenvalue weighted by Crippen LogP contribution is -2.37. The maximum Gasteiger partial charge on any atom is 0.233 e. The molecule has 1 aliphatic rings. The van der Waals surface area contributed by atoms with E-state index in [2.05, 4.69) is 24.0 Å².